The second kappa shape index (κ2) is 4.34. The van der Waals surface area contributed by atoms with E-state index in [4.69, 9.17) is 5.11 Å². The van der Waals surface area contributed by atoms with E-state index < -0.39 is 0 Å². The van der Waals surface area contributed by atoms with Crippen molar-refractivity contribution in [1.82, 2.24) is 4.90 Å². The number of aliphatic hydroxyl groups excluding tert-OH is 1. The van der Waals surface area contributed by atoms with E-state index in [2.05, 4.69) is 12.6 Å². The standard InChI is InChI=1S/C11H19NO2S/c13-7-9-1-4-12(6-9)10(14)5-11(8-15)2-3-11/h9,13,15H,1-8H2. The largest absolute Gasteiger partial charge is 0.396 e. The number of amides is 1. The van der Waals surface area contributed by atoms with Crippen molar-refractivity contribution in [2.75, 3.05) is 25.4 Å². The second-order valence-electron chi connectivity index (χ2n) is 5.01. The minimum absolute atomic E-state index is 0.210. The van der Waals surface area contributed by atoms with Crippen LogP contribution in [0.4, 0.5) is 0 Å². The van der Waals surface area contributed by atoms with Crippen molar-refractivity contribution in [2.45, 2.75) is 25.7 Å². The number of nitrogens with zero attached hydrogens (tertiary/aromatic N) is 1. The molecule has 3 nitrogen and oxygen atoms in total. The Hall–Kier alpha value is -0.220. The molecule has 0 radical (unpaired) electrons. The molecule has 1 unspecified atom stereocenters. The van der Waals surface area contributed by atoms with Gasteiger partial charge in [0.1, 0.15) is 0 Å². The van der Waals surface area contributed by atoms with Crippen molar-refractivity contribution in [3.8, 4) is 0 Å². The van der Waals surface area contributed by atoms with E-state index in [-0.39, 0.29) is 17.9 Å². The summed E-state index contributed by atoms with van der Waals surface area (Å²) in [4.78, 5) is 13.8. The molecule has 0 aromatic rings. The van der Waals surface area contributed by atoms with Gasteiger partial charge in [0.05, 0.1) is 0 Å². The molecular weight excluding hydrogens is 210 g/mol. The molecule has 2 rings (SSSR count). The molecule has 1 saturated heterocycles. The lowest BCUT2D eigenvalue weighted by molar-refractivity contribution is -0.131. The fraction of sp³-hybridized carbons (Fsp3) is 0.909. The van der Waals surface area contributed by atoms with Crippen LogP contribution in [0.3, 0.4) is 0 Å². The van der Waals surface area contributed by atoms with Gasteiger partial charge in [-0.25, -0.2) is 0 Å². The van der Waals surface area contributed by atoms with Crippen LogP contribution in [0, 0.1) is 11.3 Å². The number of likely N-dealkylation sites (tertiary alicyclic amines) is 1. The average Bonchev–Trinajstić information content (AvgIpc) is 2.85. The lowest BCUT2D eigenvalue weighted by atomic mass is 10.0. The molecule has 0 aromatic heterocycles. The second-order valence-corrected chi connectivity index (χ2v) is 5.33. The van der Waals surface area contributed by atoms with Crippen LogP contribution in [0.2, 0.25) is 0 Å². The zero-order valence-corrected chi connectivity index (χ0v) is 9.88. The number of carbonyl (C=O) groups excluding carboxylic acids is 1. The summed E-state index contributed by atoms with van der Waals surface area (Å²) >= 11 is 4.31. The van der Waals surface area contributed by atoms with E-state index in [1.807, 2.05) is 4.90 Å². The maximum Gasteiger partial charge on any atom is 0.223 e. The van der Waals surface area contributed by atoms with Crippen LogP contribution in [0.25, 0.3) is 0 Å². The molecule has 1 aliphatic heterocycles. The molecule has 1 N–H and O–H groups in total. The van der Waals surface area contributed by atoms with Gasteiger partial charge in [0.2, 0.25) is 5.91 Å². The van der Waals surface area contributed by atoms with Crippen LogP contribution in [0.15, 0.2) is 0 Å². The highest BCUT2D eigenvalue weighted by atomic mass is 32.1. The normalized spacial score (nSPS) is 28.1. The highest BCUT2D eigenvalue weighted by Gasteiger charge is 2.44. The van der Waals surface area contributed by atoms with E-state index in [9.17, 15) is 4.79 Å². The fourth-order valence-corrected chi connectivity index (χ4v) is 2.64. The lowest BCUT2D eigenvalue weighted by Crippen LogP contribution is -2.31. The van der Waals surface area contributed by atoms with Crippen molar-refractivity contribution in [1.29, 1.82) is 0 Å². The van der Waals surface area contributed by atoms with Gasteiger partial charge < -0.3 is 10.0 Å². The predicted octanol–water partition coefficient (Wildman–Crippen LogP) is 0.927. The maximum absolute atomic E-state index is 11.9. The first kappa shape index (κ1) is 11.3. The Bertz CT molecular complexity index is 253. The van der Waals surface area contributed by atoms with Crippen molar-refractivity contribution in [3.63, 3.8) is 0 Å². The quantitative estimate of drug-likeness (QED) is 0.704. The number of carbonyl (C=O) groups is 1. The van der Waals surface area contributed by atoms with Crippen LogP contribution in [0.5, 0.6) is 0 Å². The summed E-state index contributed by atoms with van der Waals surface area (Å²) in [6.45, 7) is 1.78. The molecule has 2 fully saturated rings. The molecule has 0 aromatic carbocycles. The summed E-state index contributed by atoms with van der Waals surface area (Å²) in [7, 11) is 0. The third-order valence-electron chi connectivity index (χ3n) is 3.72. The van der Waals surface area contributed by atoms with Gasteiger partial charge in [0.15, 0.2) is 0 Å². The Labute approximate surface area is 96.2 Å². The summed E-state index contributed by atoms with van der Waals surface area (Å²) in [5.41, 5.74) is 0.220. The van der Waals surface area contributed by atoms with Gasteiger partial charge in [-0.2, -0.15) is 12.6 Å². The molecule has 1 saturated carbocycles. The van der Waals surface area contributed by atoms with Crippen molar-refractivity contribution >= 4 is 18.5 Å². The predicted molar refractivity (Wildman–Crippen MR) is 61.9 cm³/mol. The van der Waals surface area contributed by atoms with Gasteiger partial charge in [-0.05, 0) is 30.4 Å². The minimum Gasteiger partial charge on any atom is -0.396 e. The Balaban J connectivity index is 1.82. The summed E-state index contributed by atoms with van der Waals surface area (Å²) in [5.74, 6) is 1.40. The molecule has 1 heterocycles. The van der Waals surface area contributed by atoms with Gasteiger partial charge in [-0.1, -0.05) is 0 Å². The van der Waals surface area contributed by atoms with E-state index >= 15 is 0 Å². The first-order chi connectivity index (χ1) is 7.19. The molecule has 1 aliphatic carbocycles. The minimum atomic E-state index is 0.210. The highest BCUT2D eigenvalue weighted by Crippen LogP contribution is 2.50. The van der Waals surface area contributed by atoms with Gasteiger partial charge in [-0.3, -0.25) is 4.79 Å². The van der Waals surface area contributed by atoms with Crippen LogP contribution in [-0.4, -0.2) is 41.4 Å². The number of hydrogen-bond donors (Lipinski definition) is 2. The first-order valence-corrected chi connectivity index (χ1v) is 6.32. The summed E-state index contributed by atoms with van der Waals surface area (Å²) < 4.78 is 0. The molecule has 0 bridgehead atoms. The number of thiol groups is 1. The number of hydrogen-bond acceptors (Lipinski definition) is 3. The maximum atomic E-state index is 11.9. The average molecular weight is 229 g/mol. The molecule has 1 atom stereocenters. The smallest absolute Gasteiger partial charge is 0.223 e. The number of aliphatic hydroxyl groups is 1. The topological polar surface area (TPSA) is 40.5 Å². The van der Waals surface area contributed by atoms with Crippen LogP contribution < -0.4 is 0 Å². The fourth-order valence-electron chi connectivity index (χ4n) is 2.21. The molecular formula is C11H19NO2S. The first-order valence-electron chi connectivity index (χ1n) is 5.69. The van der Waals surface area contributed by atoms with E-state index in [1.165, 1.54) is 0 Å². The summed E-state index contributed by atoms with van der Waals surface area (Å²) in [6.07, 6.45) is 3.92. The third-order valence-corrected chi connectivity index (χ3v) is 4.39. The SMILES string of the molecule is O=C(CC1(CS)CC1)N1CCC(CO)C1. The van der Waals surface area contributed by atoms with E-state index in [0.717, 1.165) is 38.1 Å². The highest BCUT2D eigenvalue weighted by molar-refractivity contribution is 7.80. The van der Waals surface area contributed by atoms with Crippen LogP contribution >= 0.6 is 12.6 Å². The van der Waals surface area contributed by atoms with Crippen molar-refractivity contribution in [2.24, 2.45) is 11.3 Å². The van der Waals surface area contributed by atoms with Gasteiger partial charge >= 0.3 is 0 Å². The zero-order chi connectivity index (χ0) is 10.9. The van der Waals surface area contributed by atoms with Crippen molar-refractivity contribution < 1.29 is 9.90 Å². The molecule has 86 valence electrons. The Morgan fingerprint density at radius 3 is 2.73 bits per heavy atom. The monoisotopic (exact) mass is 229 g/mol. The lowest BCUT2D eigenvalue weighted by Gasteiger charge is -2.19. The van der Waals surface area contributed by atoms with Gasteiger partial charge in [0, 0.05) is 32.0 Å². The zero-order valence-electron chi connectivity index (χ0n) is 8.98. The summed E-state index contributed by atoms with van der Waals surface area (Å²) in [6, 6.07) is 0. The van der Waals surface area contributed by atoms with E-state index in [0.29, 0.717) is 12.3 Å². The molecule has 4 heteroatoms. The van der Waals surface area contributed by atoms with Crippen LogP contribution in [0.1, 0.15) is 25.7 Å². The molecule has 2 aliphatic rings. The van der Waals surface area contributed by atoms with Gasteiger partial charge in [-0.15, -0.1) is 0 Å². The van der Waals surface area contributed by atoms with Gasteiger partial charge in [0.25, 0.3) is 0 Å². The Kier molecular flexibility index (Phi) is 3.26. The van der Waals surface area contributed by atoms with E-state index in [1.54, 1.807) is 0 Å². The Morgan fingerprint density at radius 2 is 2.27 bits per heavy atom. The third kappa shape index (κ3) is 2.48. The number of rotatable bonds is 4. The molecule has 0 spiro atoms. The molecule has 1 amide bonds. The van der Waals surface area contributed by atoms with Crippen LogP contribution in [-0.2, 0) is 4.79 Å². The molecule has 15 heavy (non-hydrogen) atoms. The summed E-state index contributed by atoms with van der Waals surface area (Å²) in [5, 5.41) is 9.01. The Morgan fingerprint density at radius 1 is 1.53 bits per heavy atom. The van der Waals surface area contributed by atoms with Crippen molar-refractivity contribution in [3.05, 3.63) is 0 Å².